The van der Waals surface area contributed by atoms with Crippen molar-refractivity contribution in [2.45, 2.75) is 26.4 Å². The van der Waals surface area contributed by atoms with Gasteiger partial charge in [0.25, 0.3) is 0 Å². The molecule has 1 fully saturated rings. The molecule has 5 rings (SSSR count). The number of H-pyrrole nitrogens is 1. The normalized spacial score (nSPS) is 17.2. The van der Waals surface area contributed by atoms with Crippen LogP contribution in [0.15, 0.2) is 36.7 Å². The summed E-state index contributed by atoms with van der Waals surface area (Å²) in [5.41, 5.74) is 3.84. The molecule has 1 aliphatic carbocycles. The van der Waals surface area contributed by atoms with Crippen LogP contribution < -0.4 is 15.4 Å². The Morgan fingerprint density at radius 1 is 1.19 bits per heavy atom. The average molecular weight is 513 g/mol. The Kier molecular flexibility index (Phi) is 5.86. The van der Waals surface area contributed by atoms with Crippen LogP contribution in [0.2, 0.25) is 0 Å². The van der Waals surface area contributed by atoms with E-state index in [0.717, 1.165) is 11.1 Å². The molecule has 11 nitrogen and oxygen atoms in total. The molecule has 188 valence electrons. The summed E-state index contributed by atoms with van der Waals surface area (Å²) < 4.78 is 42.5. The summed E-state index contributed by atoms with van der Waals surface area (Å²) in [5.74, 6) is -0.396. The van der Waals surface area contributed by atoms with Crippen LogP contribution in [-0.2, 0) is 21.9 Å². The number of hydrogen-bond donors (Lipinski definition) is 4. The van der Waals surface area contributed by atoms with Gasteiger partial charge in [0, 0.05) is 24.9 Å². The third kappa shape index (κ3) is 4.87. The topological polar surface area (TPSA) is 147 Å². The number of alkyl halides is 1. The Bertz CT molecular complexity index is 1580. The second-order valence-electron chi connectivity index (χ2n) is 8.72. The first-order valence-corrected chi connectivity index (χ1v) is 13.0. The molecular weight excluding hydrogens is 487 g/mol. The van der Waals surface area contributed by atoms with E-state index in [0.29, 0.717) is 34.1 Å². The second kappa shape index (κ2) is 8.90. The number of rotatable bonds is 8. The fourth-order valence-electron chi connectivity index (χ4n) is 3.79. The van der Waals surface area contributed by atoms with Gasteiger partial charge in [-0.3, -0.25) is 14.2 Å². The van der Waals surface area contributed by atoms with Gasteiger partial charge < -0.3 is 15.6 Å². The Hall–Kier alpha value is -4.00. The van der Waals surface area contributed by atoms with Crippen molar-refractivity contribution in [2.75, 3.05) is 21.1 Å². The number of aromatic nitrogens is 5. The number of imidazole rings is 1. The number of hydrogen-bond acceptors (Lipinski definition) is 7. The molecule has 2 atom stereocenters. The number of nitrogens with one attached hydrogen (secondary N) is 4. The van der Waals surface area contributed by atoms with Crippen LogP contribution in [0.1, 0.15) is 19.2 Å². The van der Waals surface area contributed by atoms with Gasteiger partial charge in [-0.1, -0.05) is 6.07 Å². The Balaban J connectivity index is 1.54. The van der Waals surface area contributed by atoms with Crippen LogP contribution in [0, 0.1) is 12.8 Å². The number of aryl methyl sites for hydroxylation is 2. The summed E-state index contributed by atoms with van der Waals surface area (Å²) in [7, 11) is -1.79. The van der Waals surface area contributed by atoms with E-state index in [9.17, 15) is 17.6 Å². The minimum absolute atomic E-state index is 0.101. The van der Waals surface area contributed by atoms with Crippen LogP contribution >= 0.6 is 0 Å². The summed E-state index contributed by atoms with van der Waals surface area (Å²) in [5, 5.41) is 10.1. The maximum Gasteiger partial charge on any atom is 0.232 e. The van der Waals surface area contributed by atoms with Crippen molar-refractivity contribution >= 4 is 50.0 Å². The van der Waals surface area contributed by atoms with Gasteiger partial charge in [-0.2, -0.15) is 5.10 Å². The van der Waals surface area contributed by atoms with Gasteiger partial charge in [0.1, 0.15) is 23.3 Å². The number of halogens is 1. The van der Waals surface area contributed by atoms with Gasteiger partial charge in [0.05, 0.1) is 34.9 Å². The van der Waals surface area contributed by atoms with E-state index in [1.807, 2.05) is 12.3 Å². The first-order chi connectivity index (χ1) is 17.1. The number of amides is 1. The lowest BCUT2D eigenvalue weighted by molar-refractivity contribution is -0.117. The molecular formula is C23H25FN8O3S. The summed E-state index contributed by atoms with van der Waals surface area (Å²) in [6.07, 6.45) is 2.59. The second-order valence-corrected chi connectivity index (χ2v) is 10.7. The zero-order chi connectivity index (χ0) is 25.6. The summed E-state index contributed by atoms with van der Waals surface area (Å²) in [4.78, 5) is 24.1. The first-order valence-electron chi connectivity index (χ1n) is 11.3. The first kappa shape index (κ1) is 23.7. The van der Waals surface area contributed by atoms with E-state index in [4.69, 9.17) is 0 Å². The van der Waals surface area contributed by atoms with E-state index < -0.39 is 28.0 Å². The van der Waals surface area contributed by atoms with E-state index in [2.05, 4.69) is 35.4 Å². The lowest BCUT2D eigenvalue weighted by atomic mass is 10.1. The molecule has 1 saturated carbocycles. The fourth-order valence-corrected chi connectivity index (χ4v) is 4.44. The molecule has 36 heavy (non-hydrogen) atoms. The highest BCUT2D eigenvalue weighted by molar-refractivity contribution is 7.92. The molecule has 0 aliphatic heterocycles. The van der Waals surface area contributed by atoms with Gasteiger partial charge in [-0.25, -0.2) is 22.8 Å². The number of fused-ring (bicyclic) bond motifs is 1. The van der Waals surface area contributed by atoms with E-state index in [-0.39, 0.29) is 18.0 Å². The molecule has 0 spiro atoms. The fraction of sp³-hybridized carbons (Fsp3) is 0.304. The number of benzene rings is 1. The molecule has 0 radical (unpaired) electrons. The Morgan fingerprint density at radius 3 is 2.64 bits per heavy atom. The van der Waals surface area contributed by atoms with Crippen LogP contribution in [-0.4, -0.2) is 51.0 Å². The summed E-state index contributed by atoms with van der Waals surface area (Å²) in [6.45, 7) is 3.32. The third-order valence-electron chi connectivity index (χ3n) is 5.85. The van der Waals surface area contributed by atoms with E-state index >= 15 is 0 Å². The van der Waals surface area contributed by atoms with Crippen molar-refractivity contribution in [1.29, 1.82) is 0 Å². The number of nitrogens with zero attached hydrogens (tertiary/aromatic N) is 4. The van der Waals surface area contributed by atoms with Crippen molar-refractivity contribution in [1.82, 2.24) is 24.7 Å². The molecule has 1 aliphatic rings. The zero-order valence-corrected chi connectivity index (χ0v) is 20.6. The highest BCUT2D eigenvalue weighted by atomic mass is 32.2. The number of carbonyl (C=O) groups excluding carboxylic acids is 1. The molecule has 0 bridgehead atoms. The van der Waals surface area contributed by atoms with E-state index in [1.54, 1.807) is 50.0 Å². The van der Waals surface area contributed by atoms with Gasteiger partial charge >= 0.3 is 0 Å². The molecule has 4 N–H and O–H groups in total. The molecule has 3 heterocycles. The Labute approximate surface area is 206 Å². The highest BCUT2D eigenvalue weighted by Gasteiger charge is 2.43. The van der Waals surface area contributed by atoms with Crippen LogP contribution in [0.5, 0.6) is 0 Å². The molecule has 4 aromatic rings. The van der Waals surface area contributed by atoms with Crippen molar-refractivity contribution in [3.63, 3.8) is 0 Å². The average Bonchev–Trinajstić information content (AvgIpc) is 3.20. The largest absolute Gasteiger partial charge is 0.352 e. The lowest BCUT2D eigenvalue weighted by Gasteiger charge is -2.16. The highest BCUT2D eigenvalue weighted by Crippen LogP contribution is 2.36. The van der Waals surface area contributed by atoms with Crippen molar-refractivity contribution in [3.8, 4) is 11.1 Å². The van der Waals surface area contributed by atoms with Gasteiger partial charge in [0.15, 0.2) is 5.65 Å². The summed E-state index contributed by atoms with van der Waals surface area (Å²) >= 11 is 0. The number of sulfonamides is 1. The van der Waals surface area contributed by atoms with Crippen molar-refractivity contribution < 1.29 is 17.6 Å². The molecule has 13 heteroatoms. The molecule has 3 aromatic heterocycles. The zero-order valence-electron chi connectivity index (χ0n) is 19.8. The maximum atomic E-state index is 13.3. The summed E-state index contributed by atoms with van der Waals surface area (Å²) in [6, 6.07) is 6.92. The third-order valence-corrected chi connectivity index (χ3v) is 7.14. The van der Waals surface area contributed by atoms with Crippen LogP contribution in [0.3, 0.4) is 0 Å². The van der Waals surface area contributed by atoms with E-state index in [1.165, 1.54) is 0 Å². The quantitative estimate of drug-likeness (QED) is 0.283. The van der Waals surface area contributed by atoms with Gasteiger partial charge in [-0.15, -0.1) is 0 Å². The van der Waals surface area contributed by atoms with Crippen LogP contribution in [0.25, 0.3) is 22.3 Å². The molecule has 0 saturated heterocycles. The van der Waals surface area contributed by atoms with Gasteiger partial charge in [0.2, 0.25) is 15.9 Å². The van der Waals surface area contributed by atoms with Crippen molar-refractivity contribution in [2.24, 2.45) is 13.0 Å². The number of anilines is 4. The van der Waals surface area contributed by atoms with Crippen LogP contribution in [0.4, 0.5) is 27.3 Å². The minimum Gasteiger partial charge on any atom is -0.352 e. The Morgan fingerprint density at radius 2 is 1.97 bits per heavy atom. The SMILES string of the molecule is CCS(=O)(=O)Nc1cc(-c2cnn(C)c2)ccc1Nc1cc(NC(=O)[C@@H]2C[C@@H]2F)nc2nc(C)[nH]c12. The molecule has 0 unspecified atom stereocenters. The minimum atomic E-state index is -3.59. The smallest absolute Gasteiger partial charge is 0.232 e. The monoisotopic (exact) mass is 512 g/mol. The number of carbonyl (C=O) groups is 1. The predicted molar refractivity (Wildman–Crippen MR) is 135 cm³/mol. The van der Waals surface area contributed by atoms with Crippen molar-refractivity contribution in [3.05, 3.63) is 42.5 Å². The molecule has 1 amide bonds. The standard InChI is InChI=1S/C23H25FN8O3S/c1-4-36(34,35)31-18-7-13(14-10-25-32(3)11-14)5-6-17(18)28-19-9-20(30-23(33)15-8-16(15)24)29-22-21(19)26-12(2)27-22/h5-7,9-11,15-16,31H,4,8H2,1-3H3,(H3,26,27,28,29,30,33)/t15-,16+/m1/s1. The lowest BCUT2D eigenvalue weighted by Crippen LogP contribution is -2.16. The number of pyridine rings is 1. The maximum absolute atomic E-state index is 13.3. The molecule has 1 aromatic carbocycles. The predicted octanol–water partition coefficient (Wildman–Crippen LogP) is 3.47. The van der Waals surface area contributed by atoms with Gasteiger partial charge in [-0.05, 0) is 38.0 Å². The number of aromatic amines is 1.